The minimum atomic E-state index is -0.309. The lowest BCUT2D eigenvalue weighted by Crippen LogP contribution is -2.13. The molecule has 1 N–H and O–H groups in total. The van der Waals surface area contributed by atoms with Gasteiger partial charge in [0.05, 0.1) is 6.42 Å². The van der Waals surface area contributed by atoms with Crippen molar-refractivity contribution >= 4 is 28.1 Å². The number of aromatic amines is 1. The summed E-state index contributed by atoms with van der Waals surface area (Å²) in [5.74, 6) is -0.543. The van der Waals surface area contributed by atoms with Gasteiger partial charge in [-0.1, -0.05) is 0 Å². The predicted octanol–water partition coefficient (Wildman–Crippen LogP) is 2.69. The fourth-order valence-electron chi connectivity index (χ4n) is 2.31. The first kappa shape index (κ1) is 13.8. The maximum atomic E-state index is 13.4. The molecule has 2 heterocycles. The van der Waals surface area contributed by atoms with Gasteiger partial charge in [-0.3, -0.25) is 4.79 Å². The van der Waals surface area contributed by atoms with Crippen LogP contribution in [0.25, 0.3) is 10.9 Å². The lowest BCUT2D eigenvalue weighted by molar-refractivity contribution is -0.117. The van der Waals surface area contributed by atoms with E-state index < -0.39 is 0 Å². The largest absolute Gasteiger partial charge is 0.358 e. The van der Waals surface area contributed by atoms with Crippen molar-refractivity contribution in [2.24, 2.45) is 12.0 Å². The van der Waals surface area contributed by atoms with Gasteiger partial charge in [0, 0.05) is 35.2 Å². The third-order valence-electron chi connectivity index (χ3n) is 3.39. The van der Waals surface area contributed by atoms with Crippen LogP contribution in [-0.2, 0) is 18.3 Å². The maximum absolute atomic E-state index is 13.4. The molecule has 1 amide bonds. The van der Waals surface area contributed by atoms with Gasteiger partial charge in [-0.2, -0.15) is 4.99 Å². The monoisotopic (exact) mass is 303 g/mol. The Balaban J connectivity index is 1.99. The average molecular weight is 303 g/mol. The minimum Gasteiger partial charge on any atom is -0.358 e. The molecule has 0 radical (unpaired) electrons. The number of fused-ring (bicyclic) bond motifs is 1. The Hall–Kier alpha value is -2.21. The van der Waals surface area contributed by atoms with Gasteiger partial charge in [0.15, 0.2) is 4.80 Å². The number of nitrogens with zero attached hydrogens (tertiary/aromatic N) is 2. The standard InChI is InChI=1S/C15H14FN3OS/c1-9-11(12-7-10(16)3-4-13(12)17-9)8-14(20)18-15-19(2)5-6-21-15/h3-7,17H,8H2,1-2H3. The van der Waals surface area contributed by atoms with Crippen molar-refractivity contribution in [1.82, 2.24) is 9.55 Å². The van der Waals surface area contributed by atoms with Gasteiger partial charge in [-0.05, 0) is 30.7 Å². The summed E-state index contributed by atoms with van der Waals surface area (Å²) in [5, 5.41) is 2.62. The van der Waals surface area contributed by atoms with Crippen LogP contribution >= 0.6 is 11.3 Å². The molecule has 0 bridgehead atoms. The fraction of sp³-hybridized carbons (Fsp3) is 0.200. The molecular weight excluding hydrogens is 289 g/mol. The molecule has 0 saturated heterocycles. The summed E-state index contributed by atoms with van der Waals surface area (Å²) in [7, 11) is 1.84. The normalized spacial score (nSPS) is 12.2. The van der Waals surface area contributed by atoms with Gasteiger partial charge >= 0.3 is 0 Å². The first-order chi connectivity index (χ1) is 10.0. The summed E-state index contributed by atoms with van der Waals surface area (Å²) in [4.78, 5) is 20.1. The SMILES string of the molecule is Cc1[nH]c2ccc(F)cc2c1CC(=O)N=c1sccn1C. The second-order valence-electron chi connectivity index (χ2n) is 4.90. The number of aromatic nitrogens is 2. The Morgan fingerprint density at radius 3 is 3.00 bits per heavy atom. The zero-order chi connectivity index (χ0) is 15.0. The van der Waals surface area contributed by atoms with E-state index in [1.165, 1.54) is 23.5 Å². The van der Waals surface area contributed by atoms with Crippen LogP contribution in [0, 0.1) is 12.7 Å². The van der Waals surface area contributed by atoms with E-state index in [0.717, 1.165) is 22.2 Å². The van der Waals surface area contributed by atoms with Crippen molar-refractivity contribution in [2.45, 2.75) is 13.3 Å². The lowest BCUT2D eigenvalue weighted by Gasteiger charge is -1.98. The molecule has 1 aromatic carbocycles. The molecule has 0 unspecified atom stereocenters. The molecule has 0 saturated carbocycles. The molecule has 0 aliphatic heterocycles. The number of halogens is 1. The van der Waals surface area contributed by atoms with Crippen LogP contribution in [0.5, 0.6) is 0 Å². The van der Waals surface area contributed by atoms with Crippen LogP contribution in [0.2, 0.25) is 0 Å². The van der Waals surface area contributed by atoms with E-state index in [4.69, 9.17) is 0 Å². The van der Waals surface area contributed by atoms with E-state index >= 15 is 0 Å². The number of thiazole rings is 1. The summed E-state index contributed by atoms with van der Waals surface area (Å²) in [6, 6.07) is 4.54. The third kappa shape index (κ3) is 2.67. The summed E-state index contributed by atoms with van der Waals surface area (Å²) in [6.45, 7) is 1.88. The van der Waals surface area contributed by atoms with Gasteiger partial charge in [0.2, 0.25) is 0 Å². The highest BCUT2D eigenvalue weighted by Gasteiger charge is 2.13. The summed E-state index contributed by atoms with van der Waals surface area (Å²) < 4.78 is 15.2. The zero-order valence-corrected chi connectivity index (χ0v) is 12.5. The first-order valence-electron chi connectivity index (χ1n) is 6.49. The van der Waals surface area contributed by atoms with Crippen molar-refractivity contribution in [3.8, 4) is 0 Å². The number of nitrogens with one attached hydrogen (secondary N) is 1. The van der Waals surface area contributed by atoms with Gasteiger partial charge in [0.1, 0.15) is 5.82 Å². The highest BCUT2D eigenvalue weighted by atomic mass is 32.1. The smallest absolute Gasteiger partial charge is 0.252 e. The molecule has 0 aliphatic carbocycles. The molecule has 2 aromatic heterocycles. The molecule has 0 atom stereocenters. The Morgan fingerprint density at radius 2 is 2.29 bits per heavy atom. The molecular formula is C15H14FN3OS. The Kier molecular flexibility index (Phi) is 3.47. The second kappa shape index (κ2) is 5.29. The van der Waals surface area contributed by atoms with Gasteiger partial charge in [0.25, 0.3) is 5.91 Å². The molecule has 3 rings (SSSR count). The molecule has 0 spiro atoms. The van der Waals surface area contributed by atoms with E-state index in [1.54, 1.807) is 10.6 Å². The Bertz CT molecular complexity index is 888. The predicted molar refractivity (Wildman–Crippen MR) is 80.6 cm³/mol. The van der Waals surface area contributed by atoms with E-state index in [9.17, 15) is 9.18 Å². The number of carbonyl (C=O) groups excluding carboxylic acids is 1. The number of rotatable bonds is 2. The summed E-state index contributed by atoms with van der Waals surface area (Å²) in [6.07, 6.45) is 2.01. The van der Waals surface area contributed by atoms with Crippen LogP contribution in [0.3, 0.4) is 0 Å². The quantitative estimate of drug-likeness (QED) is 0.777. The fourth-order valence-corrected chi connectivity index (χ4v) is 3.06. The van der Waals surface area contributed by atoms with E-state index in [-0.39, 0.29) is 18.1 Å². The van der Waals surface area contributed by atoms with Crippen LogP contribution in [-0.4, -0.2) is 15.5 Å². The number of aryl methyl sites for hydroxylation is 2. The van der Waals surface area contributed by atoms with Crippen molar-refractivity contribution in [3.63, 3.8) is 0 Å². The highest BCUT2D eigenvalue weighted by Crippen LogP contribution is 2.23. The van der Waals surface area contributed by atoms with Gasteiger partial charge < -0.3 is 9.55 Å². The number of amides is 1. The van der Waals surface area contributed by atoms with Crippen molar-refractivity contribution in [2.75, 3.05) is 0 Å². The maximum Gasteiger partial charge on any atom is 0.252 e. The highest BCUT2D eigenvalue weighted by molar-refractivity contribution is 7.07. The van der Waals surface area contributed by atoms with Crippen molar-refractivity contribution in [1.29, 1.82) is 0 Å². The number of hydrogen-bond donors (Lipinski definition) is 1. The molecule has 3 aromatic rings. The van der Waals surface area contributed by atoms with Crippen LogP contribution < -0.4 is 4.80 Å². The number of H-pyrrole nitrogens is 1. The van der Waals surface area contributed by atoms with Crippen LogP contribution in [0.15, 0.2) is 34.8 Å². The van der Waals surface area contributed by atoms with Gasteiger partial charge in [-0.25, -0.2) is 4.39 Å². The van der Waals surface area contributed by atoms with Crippen LogP contribution in [0.4, 0.5) is 4.39 Å². The third-order valence-corrected chi connectivity index (χ3v) is 4.24. The van der Waals surface area contributed by atoms with Crippen molar-refractivity contribution in [3.05, 3.63) is 51.7 Å². The van der Waals surface area contributed by atoms with Crippen LogP contribution in [0.1, 0.15) is 11.3 Å². The second-order valence-corrected chi connectivity index (χ2v) is 5.77. The molecule has 4 nitrogen and oxygen atoms in total. The molecule has 6 heteroatoms. The zero-order valence-electron chi connectivity index (χ0n) is 11.7. The average Bonchev–Trinajstić information content (AvgIpc) is 2.96. The summed E-state index contributed by atoms with van der Waals surface area (Å²) in [5.41, 5.74) is 2.51. The number of carbonyl (C=O) groups is 1. The molecule has 108 valence electrons. The molecule has 0 aliphatic rings. The number of benzene rings is 1. The first-order valence-corrected chi connectivity index (χ1v) is 7.37. The molecule has 0 fully saturated rings. The van der Waals surface area contributed by atoms with E-state index in [2.05, 4.69) is 9.98 Å². The van der Waals surface area contributed by atoms with Crippen molar-refractivity contribution < 1.29 is 9.18 Å². The summed E-state index contributed by atoms with van der Waals surface area (Å²) >= 11 is 1.41. The van der Waals surface area contributed by atoms with E-state index in [0.29, 0.717) is 4.80 Å². The number of hydrogen-bond acceptors (Lipinski definition) is 2. The van der Waals surface area contributed by atoms with E-state index in [1.807, 2.05) is 25.5 Å². The Morgan fingerprint density at radius 1 is 1.48 bits per heavy atom. The minimum absolute atomic E-state index is 0.160. The molecule has 21 heavy (non-hydrogen) atoms. The Labute approximate surface area is 124 Å². The lowest BCUT2D eigenvalue weighted by atomic mass is 10.1. The topological polar surface area (TPSA) is 50.1 Å². The van der Waals surface area contributed by atoms with Gasteiger partial charge in [-0.15, -0.1) is 11.3 Å².